The highest BCUT2D eigenvalue weighted by Gasteiger charge is 2.29. The van der Waals surface area contributed by atoms with Crippen LogP contribution in [0.2, 0.25) is 0 Å². The van der Waals surface area contributed by atoms with Crippen molar-refractivity contribution in [1.82, 2.24) is 5.32 Å². The Morgan fingerprint density at radius 2 is 2.25 bits per heavy atom. The highest BCUT2D eigenvalue weighted by Crippen LogP contribution is 2.27. The number of hydrogen-bond acceptors (Lipinski definition) is 3. The van der Waals surface area contributed by atoms with Gasteiger partial charge in [-0.15, -0.1) is 0 Å². The fourth-order valence-electron chi connectivity index (χ4n) is 2.45. The van der Waals surface area contributed by atoms with Crippen molar-refractivity contribution in [2.75, 3.05) is 25.0 Å². The van der Waals surface area contributed by atoms with Crippen LogP contribution < -0.4 is 15.4 Å². The van der Waals surface area contributed by atoms with E-state index in [1.54, 1.807) is 0 Å². The van der Waals surface area contributed by atoms with E-state index in [0.717, 1.165) is 36.5 Å². The van der Waals surface area contributed by atoms with Gasteiger partial charge in [-0.2, -0.15) is 0 Å². The van der Waals surface area contributed by atoms with Gasteiger partial charge in [0.25, 0.3) is 0 Å². The van der Waals surface area contributed by atoms with Crippen molar-refractivity contribution in [3.8, 4) is 5.75 Å². The van der Waals surface area contributed by atoms with Gasteiger partial charge in [-0.25, -0.2) is 0 Å². The first-order chi connectivity index (χ1) is 9.61. The van der Waals surface area contributed by atoms with Crippen molar-refractivity contribution in [2.45, 2.75) is 27.2 Å². The van der Waals surface area contributed by atoms with Crippen molar-refractivity contribution >= 4 is 11.6 Å². The van der Waals surface area contributed by atoms with E-state index in [1.165, 1.54) is 0 Å². The smallest absolute Gasteiger partial charge is 0.229 e. The van der Waals surface area contributed by atoms with Gasteiger partial charge in [0.1, 0.15) is 5.75 Å². The summed E-state index contributed by atoms with van der Waals surface area (Å²) in [6, 6.07) is 5.89. The second kappa shape index (κ2) is 6.75. The van der Waals surface area contributed by atoms with Crippen LogP contribution >= 0.6 is 0 Å². The molecule has 0 spiro atoms. The van der Waals surface area contributed by atoms with Gasteiger partial charge < -0.3 is 15.4 Å². The molecule has 1 amide bonds. The summed E-state index contributed by atoms with van der Waals surface area (Å²) in [5.41, 5.74) is 1.90. The number of nitrogens with one attached hydrogen (secondary N) is 2. The number of hydrogen-bond donors (Lipinski definition) is 2. The lowest BCUT2D eigenvalue weighted by Crippen LogP contribution is -2.28. The molecule has 2 rings (SSSR count). The molecule has 2 atom stereocenters. The summed E-state index contributed by atoms with van der Waals surface area (Å²) in [5, 5.41) is 6.27. The Labute approximate surface area is 120 Å². The predicted molar refractivity (Wildman–Crippen MR) is 81.1 cm³/mol. The zero-order valence-electron chi connectivity index (χ0n) is 12.5. The van der Waals surface area contributed by atoms with Gasteiger partial charge in [-0.1, -0.05) is 19.9 Å². The lowest BCUT2D eigenvalue weighted by atomic mass is 9.97. The molecule has 1 saturated heterocycles. The largest absolute Gasteiger partial charge is 0.491 e. The van der Waals surface area contributed by atoms with Crippen molar-refractivity contribution < 1.29 is 9.53 Å². The summed E-state index contributed by atoms with van der Waals surface area (Å²) in [7, 11) is 0. The van der Waals surface area contributed by atoms with Crippen molar-refractivity contribution in [3.63, 3.8) is 0 Å². The highest BCUT2D eigenvalue weighted by molar-refractivity contribution is 5.94. The lowest BCUT2D eigenvalue weighted by molar-refractivity contribution is -0.120. The van der Waals surface area contributed by atoms with E-state index >= 15 is 0 Å². The predicted octanol–water partition coefficient (Wildman–Crippen LogP) is 2.58. The Balaban J connectivity index is 2.09. The zero-order valence-corrected chi connectivity index (χ0v) is 12.5. The number of rotatable bonds is 5. The van der Waals surface area contributed by atoms with E-state index in [9.17, 15) is 4.79 Å². The van der Waals surface area contributed by atoms with Gasteiger partial charge in [0, 0.05) is 6.54 Å². The standard InChI is InChI=1S/C16H24N2O2/c1-4-7-20-15-8-11(2)5-6-14(15)18-16(19)13-10-17-9-12(13)3/h5-6,8,12-13,17H,4,7,9-10H2,1-3H3,(H,18,19). The Morgan fingerprint density at radius 1 is 1.45 bits per heavy atom. The summed E-state index contributed by atoms with van der Waals surface area (Å²) in [6.45, 7) is 8.52. The SMILES string of the molecule is CCCOc1cc(C)ccc1NC(=O)C1CNCC1C. The lowest BCUT2D eigenvalue weighted by Gasteiger charge is -2.17. The first kappa shape index (κ1) is 14.9. The number of ether oxygens (including phenoxy) is 1. The molecule has 1 aliphatic heterocycles. The van der Waals surface area contributed by atoms with Gasteiger partial charge >= 0.3 is 0 Å². The van der Waals surface area contributed by atoms with E-state index in [-0.39, 0.29) is 11.8 Å². The minimum atomic E-state index is 0.0373. The van der Waals surface area contributed by atoms with Crippen molar-refractivity contribution in [3.05, 3.63) is 23.8 Å². The molecule has 0 aromatic heterocycles. The molecule has 20 heavy (non-hydrogen) atoms. The maximum absolute atomic E-state index is 12.3. The quantitative estimate of drug-likeness (QED) is 0.869. The van der Waals surface area contributed by atoms with Crippen LogP contribution in [0, 0.1) is 18.8 Å². The van der Waals surface area contributed by atoms with Crippen molar-refractivity contribution in [1.29, 1.82) is 0 Å². The van der Waals surface area contributed by atoms with E-state index in [4.69, 9.17) is 4.74 Å². The molecule has 110 valence electrons. The second-order valence-electron chi connectivity index (χ2n) is 5.58. The van der Waals surface area contributed by atoms with E-state index in [1.807, 2.05) is 25.1 Å². The van der Waals surface area contributed by atoms with Crippen LogP contribution in [0.15, 0.2) is 18.2 Å². The Morgan fingerprint density at radius 3 is 2.90 bits per heavy atom. The van der Waals surface area contributed by atoms with E-state index in [2.05, 4.69) is 24.5 Å². The molecule has 0 bridgehead atoms. The first-order valence-electron chi connectivity index (χ1n) is 7.37. The monoisotopic (exact) mass is 276 g/mol. The summed E-state index contributed by atoms with van der Waals surface area (Å²) in [4.78, 5) is 12.3. The maximum atomic E-state index is 12.3. The summed E-state index contributed by atoms with van der Waals surface area (Å²) < 4.78 is 5.73. The van der Waals surface area contributed by atoms with Gasteiger partial charge in [0.2, 0.25) is 5.91 Å². The first-order valence-corrected chi connectivity index (χ1v) is 7.37. The molecule has 4 heteroatoms. The van der Waals surface area contributed by atoms with Gasteiger partial charge in [-0.05, 0) is 43.5 Å². The molecular formula is C16H24N2O2. The van der Waals surface area contributed by atoms with E-state index < -0.39 is 0 Å². The van der Waals surface area contributed by atoms with Crippen molar-refractivity contribution in [2.24, 2.45) is 11.8 Å². The minimum absolute atomic E-state index is 0.0373. The van der Waals surface area contributed by atoms with Crippen LogP contribution in [-0.4, -0.2) is 25.6 Å². The topological polar surface area (TPSA) is 50.4 Å². The molecule has 2 unspecified atom stereocenters. The van der Waals surface area contributed by atoms with Gasteiger partial charge in [-0.3, -0.25) is 4.79 Å². The molecule has 0 saturated carbocycles. The van der Waals surface area contributed by atoms with Crippen LogP contribution in [0.3, 0.4) is 0 Å². The number of amides is 1. The molecular weight excluding hydrogens is 252 g/mol. The minimum Gasteiger partial charge on any atom is -0.491 e. The number of carbonyl (C=O) groups excluding carboxylic acids is 1. The normalized spacial score (nSPS) is 21.8. The number of aryl methyl sites for hydroxylation is 1. The van der Waals surface area contributed by atoms with Crippen LogP contribution in [-0.2, 0) is 4.79 Å². The highest BCUT2D eigenvalue weighted by atomic mass is 16.5. The molecule has 1 heterocycles. The summed E-state index contributed by atoms with van der Waals surface area (Å²) >= 11 is 0. The Kier molecular flexibility index (Phi) is 5.01. The average molecular weight is 276 g/mol. The Hall–Kier alpha value is -1.55. The van der Waals surface area contributed by atoms with Crippen LogP contribution in [0.5, 0.6) is 5.75 Å². The maximum Gasteiger partial charge on any atom is 0.229 e. The fraction of sp³-hybridized carbons (Fsp3) is 0.562. The van der Waals surface area contributed by atoms with E-state index in [0.29, 0.717) is 12.5 Å². The average Bonchev–Trinajstić information content (AvgIpc) is 2.85. The number of carbonyl (C=O) groups is 1. The summed E-state index contributed by atoms with van der Waals surface area (Å²) in [6.07, 6.45) is 0.949. The third-order valence-electron chi connectivity index (χ3n) is 3.71. The van der Waals surface area contributed by atoms with Gasteiger partial charge in [0.15, 0.2) is 0 Å². The summed E-state index contributed by atoms with van der Waals surface area (Å²) in [5.74, 6) is 1.25. The molecule has 0 radical (unpaired) electrons. The second-order valence-corrected chi connectivity index (χ2v) is 5.58. The number of anilines is 1. The van der Waals surface area contributed by atoms with Crippen LogP contribution in [0.25, 0.3) is 0 Å². The third kappa shape index (κ3) is 3.51. The number of benzene rings is 1. The third-order valence-corrected chi connectivity index (χ3v) is 3.71. The molecule has 1 fully saturated rings. The van der Waals surface area contributed by atoms with Crippen LogP contribution in [0.4, 0.5) is 5.69 Å². The molecule has 1 aliphatic rings. The molecule has 1 aromatic rings. The molecule has 0 aliphatic carbocycles. The fourth-order valence-corrected chi connectivity index (χ4v) is 2.45. The van der Waals surface area contributed by atoms with Crippen LogP contribution in [0.1, 0.15) is 25.8 Å². The molecule has 1 aromatic carbocycles. The van der Waals surface area contributed by atoms with Gasteiger partial charge in [0.05, 0.1) is 18.2 Å². The Bertz CT molecular complexity index is 474. The zero-order chi connectivity index (χ0) is 14.5. The molecule has 2 N–H and O–H groups in total. The molecule has 4 nitrogen and oxygen atoms in total.